The third kappa shape index (κ3) is 26.1. The van der Waals surface area contributed by atoms with Crippen LogP contribution in [0.3, 0.4) is 0 Å². The summed E-state index contributed by atoms with van der Waals surface area (Å²) in [5.74, 6) is 6.00. The zero-order valence-electron chi connectivity index (χ0n) is 76.5. The first-order chi connectivity index (χ1) is 69.8. The minimum absolute atomic E-state index is 0.0110. The molecule has 6 amide bonds. The van der Waals surface area contributed by atoms with E-state index >= 15 is 0 Å². The number of hydrogen-bond donors (Lipinski definition) is 8. The Kier molecular flexibility index (Phi) is 33.1. The van der Waals surface area contributed by atoms with Crippen LogP contribution in [0.15, 0.2) is 263 Å². The standard InChI is InChI=1S/C25H23BrN6O4.C20H17N5O2.C18H19BrN6O2.C17H17BrN6O3.C17H17BrN6O2/c26-20-14-28-32-22(30-24(33)36-19-9-4-10-27-13-19)12-21(29-23(20)32)18-8-5-11-31(15-18)25(34)35-16-17-6-2-1-3-7-17;1-2-14-12-22-25-18(24-20(26)27-16-9-6-10-21-13-16)11-17(23-19(14)25)15-7-4-3-5-8-15;19-14-11-21-25-16(24-18(26)27-13-7-4-8-20-10-13)9-15(23-17(14)25)22-12-5-2-1-3-6-12;18-13-9-20-24-15(22-17(26)27-12-4-1-5-19-8-12)7-14(21-16(13)24)23-6-2-3-11(23)10-25;18-13-10-20-24-15(23-17(25)26-12-6-3-7-19-9-12)8-14(22-16(13)24)21-11-4-1-2-5-11/h1-4,6-7,9-10,12-14,18H,5,8,11,15-16H2,(H,30,33);3-13H,2H2,1H3,(H,24,26);4,7-12H,1-3,5-6H2,(H,22,23)(H,24,26);1,4-5,7-9,11,25H,2-3,6,10H2,(H,22,26);3,6-11H,1-2,4-5H2,(H,21,22)(H,23,25)/t;;;11-;/m...0./s1. The maximum absolute atomic E-state index is 12.7. The van der Waals surface area contributed by atoms with E-state index in [9.17, 15) is 33.9 Å². The van der Waals surface area contributed by atoms with Crippen molar-refractivity contribution < 1.29 is 62.3 Å². The van der Waals surface area contributed by atoms with Crippen LogP contribution in [-0.2, 0) is 17.8 Å². The molecule has 17 aromatic rings. The van der Waals surface area contributed by atoms with E-state index in [-0.39, 0.29) is 31.3 Å². The molecule has 42 nitrogen and oxygen atoms in total. The van der Waals surface area contributed by atoms with E-state index in [0.29, 0.717) is 138 Å². The average Bonchev–Trinajstić information content (AvgIpc) is 1.72. The molecule has 0 spiro atoms. The molecule has 0 bridgehead atoms. The van der Waals surface area contributed by atoms with Gasteiger partial charge in [0.15, 0.2) is 57.0 Å². The number of rotatable bonds is 21. The topological polar surface area (TPSA) is 484 Å². The van der Waals surface area contributed by atoms with Crippen molar-refractivity contribution in [3.8, 4) is 40.0 Å². The number of carbonyl (C=O) groups excluding carboxylic acids is 6. The van der Waals surface area contributed by atoms with Gasteiger partial charge in [0.25, 0.3) is 0 Å². The molecule has 2 aliphatic heterocycles. The van der Waals surface area contributed by atoms with Crippen LogP contribution in [0.25, 0.3) is 39.5 Å². The Hall–Kier alpha value is -15.8. The number of nitrogens with zero attached hydrogens (tertiary/aromatic N) is 22. The molecular weight excluding hydrogens is 2100 g/mol. The van der Waals surface area contributed by atoms with Gasteiger partial charge in [-0.1, -0.05) is 99.7 Å². The average molecular weight is 2190 g/mol. The monoisotopic (exact) mass is 2190 g/mol. The van der Waals surface area contributed by atoms with Gasteiger partial charge in [-0.2, -0.15) is 48.1 Å². The molecule has 143 heavy (non-hydrogen) atoms. The Bertz CT molecular complexity index is 7250. The van der Waals surface area contributed by atoms with Gasteiger partial charge in [-0.05, 0) is 188 Å². The van der Waals surface area contributed by atoms with Crippen molar-refractivity contribution in [2.45, 2.75) is 127 Å². The molecule has 0 radical (unpaired) electrons. The summed E-state index contributed by atoms with van der Waals surface area (Å²) in [6, 6.07) is 45.7. The van der Waals surface area contributed by atoms with E-state index in [2.05, 4.69) is 166 Å². The van der Waals surface area contributed by atoms with Crippen LogP contribution in [0.2, 0.25) is 0 Å². The number of ether oxygens (including phenoxy) is 6. The number of nitrogens with one attached hydrogen (secondary N) is 7. The van der Waals surface area contributed by atoms with E-state index in [1.165, 1.54) is 72.1 Å². The second-order valence-electron chi connectivity index (χ2n) is 32.8. The second kappa shape index (κ2) is 47.9. The molecule has 21 rings (SSSR count). The third-order valence-corrected chi connectivity index (χ3v) is 25.2. The van der Waals surface area contributed by atoms with Crippen molar-refractivity contribution in [3.05, 3.63) is 279 Å². The molecule has 4 aliphatic rings. The predicted octanol–water partition coefficient (Wildman–Crippen LogP) is 19.5. The Morgan fingerprint density at radius 2 is 0.783 bits per heavy atom. The van der Waals surface area contributed by atoms with Gasteiger partial charge in [-0.3, -0.25) is 51.5 Å². The highest BCUT2D eigenvalue weighted by molar-refractivity contribution is 9.11. The van der Waals surface area contributed by atoms with Crippen LogP contribution >= 0.6 is 63.7 Å². The number of aryl methyl sites for hydroxylation is 1. The SMILES string of the molecule is CCc1cnn2c(NC(=O)Oc3cccnc3)cc(-c3ccccc3)nc12.O=C(Nc1cc(C2CCCN(C(=O)OCc3ccccc3)C2)nc2c(Br)cnn12)Oc1cccnc1.O=C(Nc1cc(N2CCC[C@H]2CO)nc2c(Br)cnn12)Oc1cccnc1.O=C(Nc1cc(NC2CCCC2)nc2c(Br)cnn12)Oc1cccnc1.O=C(Nc1cc(NC2CCCCC2)nc2c(Br)cnn12)Oc1cccnc1. The lowest BCUT2D eigenvalue weighted by Gasteiger charge is -2.32. The summed E-state index contributed by atoms with van der Waals surface area (Å²) in [5.41, 5.74) is 7.42. The number of pyridine rings is 5. The number of benzene rings is 2. The molecule has 2 atom stereocenters. The van der Waals surface area contributed by atoms with Gasteiger partial charge < -0.3 is 54.0 Å². The fourth-order valence-electron chi connectivity index (χ4n) is 16.2. The molecule has 2 aliphatic carbocycles. The van der Waals surface area contributed by atoms with Crippen molar-refractivity contribution in [3.63, 3.8) is 0 Å². The quantitative estimate of drug-likeness (QED) is 0.0331. The van der Waals surface area contributed by atoms with Gasteiger partial charge in [0.2, 0.25) is 0 Å². The van der Waals surface area contributed by atoms with E-state index in [1.807, 2.05) is 72.5 Å². The number of anilines is 8. The van der Waals surface area contributed by atoms with Crippen molar-refractivity contribution in [2.75, 3.05) is 68.4 Å². The molecule has 2 aromatic carbocycles. The van der Waals surface area contributed by atoms with Gasteiger partial charge >= 0.3 is 36.6 Å². The summed E-state index contributed by atoms with van der Waals surface area (Å²) in [7, 11) is 0. The Balaban J connectivity index is 0.000000123. The summed E-state index contributed by atoms with van der Waals surface area (Å²) in [6.45, 7) is 4.19. The number of aliphatic hydroxyl groups is 1. The van der Waals surface area contributed by atoms with Crippen LogP contribution in [0.4, 0.5) is 75.3 Å². The molecule has 15 aromatic heterocycles. The number of amides is 6. The van der Waals surface area contributed by atoms with Gasteiger partial charge in [0.05, 0.1) is 104 Å². The number of fused-ring (bicyclic) bond motifs is 5. The van der Waals surface area contributed by atoms with Crippen LogP contribution in [0.5, 0.6) is 28.7 Å². The number of aliphatic hydroxyl groups excluding tert-OH is 1. The number of likely N-dealkylation sites (tertiary alicyclic amines) is 1. The smallest absolute Gasteiger partial charge is 0.418 e. The second-order valence-corrected chi connectivity index (χ2v) is 36.2. The number of carbonyl (C=O) groups is 6. The molecular formula is C97H93Br4N29O13. The number of hydrogen-bond acceptors (Lipinski definition) is 31. The summed E-state index contributed by atoms with van der Waals surface area (Å²) in [4.78, 5) is 121. The van der Waals surface area contributed by atoms with Crippen molar-refractivity contribution in [2.24, 2.45) is 0 Å². The van der Waals surface area contributed by atoms with Crippen LogP contribution < -0.4 is 65.8 Å². The molecule has 4 fully saturated rings. The lowest BCUT2D eigenvalue weighted by atomic mass is 9.94. The van der Waals surface area contributed by atoms with E-state index in [1.54, 1.807) is 171 Å². The normalized spacial score (nSPS) is 14.5. The molecule has 1 unspecified atom stereocenters. The first kappa shape index (κ1) is 98.8. The number of piperidine rings is 1. The summed E-state index contributed by atoms with van der Waals surface area (Å²) in [5, 5.41) is 51.6. The molecule has 2 saturated carbocycles. The van der Waals surface area contributed by atoms with E-state index in [4.69, 9.17) is 38.4 Å². The highest BCUT2D eigenvalue weighted by Crippen LogP contribution is 2.36. The van der Waals surface area contributed by atoms with Crippen LogP contribution in [-0.4, -0.2) is 189 Å². The maximum atomic E-state index is 12.7. The molecule has 17 heterocycles. The van der Waals surface area contributed by atoms with Crippen molar-refractivity contribution in [1.82, 2.24) is 103 Å². The zero-order valence-corrected chi connectivity index (χ0v) is 82.9. The van der Waals surface area contributed by atoms with Crippen molar-refractivity contribution >= 4 is 175 Å². The lowest BCUT2D eigenvalue weighted by Crippen LogP contribution is -2.39. The number of aromatic nitrogens is 20. The van der Waals surface area contributed by atoms with E-state index < -0.39 is 30.5 Å². The summed E-state index contributed by atoms with van der Waals surface area (Å²) in [6.07, 6.45) is 35.0. The van der Waals surface area contributed by atoms with Crippen LogP contribution in [0, 0.1) is 0 Å². The first-order valence-corrected chi connectivity index (χ1v) is 48.9. The minimum atomic E-state index is -0.678. The summed E-state index contributed by atoms with van der Waals surface area (Å²) < 4.78 is 42.5. The molecule has 732 valence electrons. The van der Waals surface area contributed by atoms with Gasteiger partial charge in [0.1, 0.15) is 53.1 Å². The third-order valence-electron chi connectivity index (χ3n) is 22.9. The molecule has 2 saturated heterocycles. The number of halogens is 4. The molecule has 8 N–H and O–H groups in total. The molecule has 46 heteroatoms. The van der Waals surface area contributed by atoms with E-state index in [0.717, 1.165) is 101 Å². The largest absolute Gasteiger partial charge is 0.445 e. The zero-order chi connectivity index (χ0) is 98.9. The Morgan fingerprint density at radius 3 is 1.22 bits per heavy atom. The maximum Gasteiger partial charge on any atom is 0.418 e. The predicted molar refractivity (Wildman–Crippen MR) is 544 cm³/mol. The van der Waals surface area contributed by atoms with Crippen molar-refractivity contribution in [1.29, 1.82) is 0 Å². The fourth-order valence-corrected chi connectivity index (χ4v) is 17.6. The summed E-state index contributed by atoms with van der Waals surface area (Å²) >= 11 is 13.8. The lowest BCUT2D eigenvalue weighted by molar-refractivity contribution is 0.0856. The van der Waals surface area contributed by atoms with Crippen LogP contribution in [0.1, 0.15) is 113 Å². The Labute approximate surface area is 849 Å². The van der Waals surface area contributed by atoms with Gasteiger partial charge in [-0.15, -0.1) is 0 Å². The minimum Gasteiger partial charge on any atom is -0.445 e. The Morgan fingerprint density at radius 1 is 0.392 bits per heavy atom. The first-order valence-electron chi connectivity index (χ1n) is 45.7. The highest BCUT2D eigenvalue weighted by atomic mass is 79.9. The highest BCUT2D eigenvalue weighted by Gasteiger charge is 2.32. The fraction of sp³-hybridized carbons (Fsp3) is 0.247. The van der Waals surface area contributed by atoms with Gasteiger partial charge in [0, 0.05) is 110 Å². The van der Waals surface area contributed by atoms with Gasteiger partial charge in [-0.25, -0.2) is 53.7 Å².